The molecule has 9 heteroatoms. The number of nitrogens with one attached hydrogen (secondary N) is 1. The lowest BCUT2D eigenvalue weighted by atomic mass is 10.2. The number of carbonyl (C=O) groups excluding carboxylic acids is 1. The van der Waals surface area contributed by atoms with Gasteiger partial charge in [-0.1, -0.05) is 0 Å². The van der Waals surface area contributed by atoms with E-state index in [4.69, 9.17) is 4.74 Å². The fourth-order valence-corrected chi connectivity index (χ4v) is 2.43. The molecule has 0 fully saturated rings. The fraction of sp³-hybridized carbons (Fsp3) is 0.455. The maximum Gasteiger partial charge on any atom is 0.263 e. The molecule has 0 radical (unpaired) electrons. The Morgan fingerprint density at radius 3 is 3.20 bits per heavy atom. The Bertz CT molecular complexity index is 542. The number of aromatic nitrogens is 4. The third-order valence-electron chi connectivity index (χ3n) is 2.57. The van der Waals surface area contributed by atoms with E-state index in [-0.39, 0.29) is 12.5 Å². The number of carbonyl (C=O) groups is 1. The fourth-order valence-electron chi connectivity index (χ4n) is 1.63. The van der Waals surface area contributed by atoms with Crippen molar-refractivity contribution in [3.05, 3.63) is 22.7 Å². The molecule has 2 aromatic rings. The van der Waals surface area contributed by atoms with Crippen molar-refractivity contribution in [1.82, 2.24) is 25.5 Å². The zero-order valence-electron chi connectivity index (χ0n) is 10.9. The van der Waals surface area contributed by atoms with Crippen LogP contribution < -0.4 is 5.32 Å². The molecular formula is C11H15N5O3S. The van der Waals surface area contributed by atoms with Gasteiger partial charge in [0.15, 0.2) is 0 Å². The van der Waals surface area contributed by atoms with Gasteiger partial charge in [0.2, 0.25) is 0 Å². The molecule has 20 heavy (non-hydrogen) atoms. The molecule has 1 unspecified atom stereocenters. The van der Waals surface area contributed by atoms with E-state index < -0.39 is 6.10 Å². The highest BCUT2D eigenvalue weighted by atomic mass is 32.1. The van der Waals surface area contributed by atoms with Crippen LogP contribution in [0.15, 0.2) is 17.8 Å². The van der Waals surface area contributed by atoms with Gasteiger partial charge < -0.3 is 15.2 Å². The van der Waals surface area contributed by atoms with Gasteiger partial charge in [-0.3, -0.25) is 4.79 Å². The molecule has 0 saturated heterocycles. The lowest BCUT2D eigenvalue weighted by molar-refractivity contribution is 0.0588. The standard InChI is InChI=1S/C11H15N5O3S/c1-19-6-8(17)2-4-12-11(18)10-9(3-5-20-10)16-7-13-14-15-16/h3,5,7-8,17H,2,4,6H2,1H3,(H,12,18). The van der Waals surface area contributed by atoms with Crippen LogP contribution in [-0.2, 0) is 4.74 Å². The first-order valence-electron chi connectivity index (χ1n) is 5.98. The quantitative estimate of drug-likeness (QED) is 0.737. The first kappa shape index (κ1) is 14.6. The highest BCUT2D eigenvalue weighted by Gasteiger charge is 2.15. The third kappa shape index (κ3) is 3.59. The molecule has 8 nitrogen and oxygen atoms in total. The molecule has 1 amide bonds. The highest BCUT2D eigenvalue weighted by molar-refractivity contribution is 7.12. The monoisotopic (exact) mass is 297 g/mol. The third-order valence-corrected chi connectivity index (χ3v) is 3.47. The van der Waals surface area contributed by atoms with Crippen LogP contribution in [0.25, 0.3) is 5.69 Å². The summed E-state index contributed by atoms with van der Waals surface area (Å²) in [6.45, 7) is 0.626. The summed E-state index contributed by atoms with van der Waals surface area (Å²) in [5.41, 5.74) is 0.634. The molecule has 0 aliphatic heterocycles. The maximum absolute atomic E-state index is 12.1. The predicted molar refractivity (Wildman–Crippen MR) is 71.9 cm³/mol. The van der Waals surface area contributed by atoms with E-state index in [1.165, 1.54) is 29.5 Å². The van der Waals surface area contributed by atoms with Crippen LogP contribution in [-0.4, -0.2) is 57.6 Å². The molecule has 0 aromatic carbocycles. The van der Waals surface area contributed by atoms with Crippen LogP contribution in [0.1, 0.15) is 16.1 Å². The first-order chi connectivity index (χ1) is 9.72. The predicted octanol–water partition coefficient (Wildman–Crippen LogP) is -0.149. The van der Waals surface area contributed by atoms with Gasteiger partial charge in [-0.2, -0.15) is 4.68 Å². The van der Waals surface area contributed by atoms with Crippen molar-refractivity contribution in [3.63, 3.8) is 0 Å². The van der Waals surface area contributed by atoms with Crippen molar-refractivity contribution < 1.29 is 14.6 Å². The van der Waals surface area contributed by atoms with Crippen molar-refractivity contribution in [3.8, 4) is 5.69 Å². The normalized spacial score (nSPS) is 12.3. The summed E-state index contributed by atoms with van der Waals surface area (Å²) in [7, 11) is 1.52. The summed E-state index contributed by atoms with van der Waals surface area (Å²) in [6.07, 6.45) is 1.29. The van der Waals surface area contributed by atoms with E-state index in [1.54, 1.807) is 11.4 Å². The van der Waals surface area contributed by atoms with Crippen molar-refractivity contribution in [1.29, 1.82) is 0 Å². The number of hydrogen-bond acceptors (Lipinski definition) is 7. The van der Waals surface area contributed by atoms with Crippen LogP contribution in [0.5, 0.6) is 0 Å². The second-order valence-electron chi connectivity index (χ2n) is 4.04. The molecule has 2 aromatic heterocycles. The maximum atomic E-state index is 12.1. The smallest absolute Gasteiger partial charge is 0.263 e. The van der Waals surface area contributed by atoms with Gasteiger partial charge in [0.05, 0.1) is 18.4 Å². The number of methoxy groups -OCH3 is 1. The minimum absolute atomic E-state index is 0.213. The van der Waals surface area contributed by atoms with Crippen LogP contribution >= 0.6 is 11.3 Å². The van der Waals surface area contributed by atoms with E-state index in [2.05, 4.69) is 20.8 Å². The molecule has 2 N–H and O–H groups in total. The summed E-state index contributed by atoms with van der Waals surface area (Å²) in [5.74, 6) is -0.213. The molecular weight excluding hydrogens is 282 g/mol. The van der Waals surface area contributed by atoms with Gasteiger partial charge in [-0.25, -0.2) is 0 Å². The molecule has 2 heterocycles. The number of aliphatic hydroxyl groups excluding tert-OH is 1. The highest BCUT2D eigenvalue weighted by Crippen LogP contribution is 2.19. The van der Waals surface area contributed by atoms with Gasteiger partial charge >= 0.3 is 0 Å². The Hall–Kier alpha value is -1.84. The van der Waals surface area contributed by atoms with Crippen LogP contribution in [0.4, 0.5) is 0 Å². The van der Waals surface area contributed by atoms with Crippen molar-refractivity contribution in [2.45, 2.75) is 12.5 Å². The molecule has 1 atom stereocenters. The largest absolute Gasteiger partial charge is 0.391 e. The molecule has 108 valence electrons. The average molecular weight is 297 g/mol. The molecule has 0 aliphatic rings. The van der Waals surface area contributed by atoms with Crippen molar-refractivity contribution >= 4 is 17.2 Å². The van der Waals surface area contributed by atoms with Gasteiger partial charge in [0.25, 0.3) is 5.91 Å². The Labute approximate surface area is 119 Å². The van der Waals surface area contributed by atoms with E-state index in [9.17, 15) is 9.90 Å². The van der Waals surface area contributed by atoms with Crippen molar-refractivity contribution in [2.75, 3.05) is 20.3 Å². The number of thiophene rings is 1. The minimum Gasteiger partial charge on any atom is -0.391 e. The molecule has 0 bridgehead atoms. The SMILES string of the molecule is COCC(O)CCNC(=O)c1sccc1-n1cnnn1. The number of rotatable bonds is 7. The summed E-state index contributed by atoms with van der Waals surface area (Å²) in [5, 5.41) is 24.9. The number of hydrogen-bond donors (Lipinski definition) is 2. The molecule has 2 rings (SSSR count). The Morgan fingerprint density at radius 1 is 1.65 bits per heavy atom. The molecule has 0 aliphatic carbocycles. The van der Waals surface area contributed by atoms with E-state index in [0.29, 0.717) is 23.5 Å². The van der Waals surface area contributed by atoms with Gasteiger partial charge in [-0.05, 0) is 28.3 Å². The van der Waals surface area contributed by atoms with Gasteiger partial charge in [-0.15, -0.1) is 16.4 Å². The second-order valence-corrected chi connectivity index (χ2v) is 4.96. The molecule has 0 spiro atoms. The zero-order valence-corrected chi connectivity index (χ0v) is 11.7. The van der Waals surface area contributed by atoms with E-state index in [0.717, 1.165) is 0 Å². The second kappa shape index (κ2) is 7.08. The number of ether oxygens (including phenoxy) is 1. The van der Waals surface area contributed by atoms with Crippen LogP contribution in [0.3, 0.4) is 0 Å². The van der Waals surface area contributed by atoms with Crippen LogP contribution in [0, 0.1) is 0 Å². The Kier molecular flexibility index (Phi) is 5.16. The Morgan fingerprint density at radius 2 is 2.50 bits per heavy atom. The van der Waals surface area contributed by atoms with E-state index in [1.807, 2.05) is 0 Å². The van der Waals surface area contributed by atoms with Gasteiger partial charge in [0.1, 0.15) is 11.2 Å². The van der Waals surface area contributed by atoms with Crippen molar-refractivity contribution in [2.24, 2.45) is 0 Å². The summed E-state index contributed by atoms with van der Waals surface area (Å²) < 4.78 is 6.25. The average Bonchev–Trinajstić information content (AvgIpc) is 3.09. The van der Waals surface area contributed by atoms with Gasteiger partial charge in [0, 0.05) is 13.7 Å². The number of amides is 1. The number of tetrazole rings is 1. The van der Waals surface area contributed by atoms with Crippen LogP contribution in [0.2, 0.25) is 0 Å². The Balaban J connectivity index is 1.92. The summed E-state index contributed by atoms with van der Waals surface area (Å²) in [6, 6.07) is 1.77. The number of nitrogens with zero attached hydrogens (tertiary/aromatic N) is 4. The lowest BCUT2D eigenvalue weighted by Crippen LogP contribution is -2.28. The summed E-state index contributed by atoms with van der Waals surface area (Å²) >= 11 is 1.31. The zero-order chi connectivity index (χ0) is 14.4. The first-order valence-corrected chi connectivity index (χ1v) is 6.86. The lowest BCUT2D eigenvalue weighted by Gasteiger charge is -2.10. The minimum atomic E-state index is -0.581. The number of aliphatic hydroxyl groups is 1. The van der Waals surface area contributed by atoms with E-state index >= 15 is 0 Å². The summed E-state index contributed by atoms with van der Waals surface area (Å²) in [4.78, 5) is 12.6. The molecule has 0 saturated carbocycles. The topological polar surface area (TPSA) is 102 Å².